The summed E-state index contributed by atoms with van der Waals surface area (Å²) >= 11 is 0. The van der Waals surface area contributed by atoms with Crippen LogP contribution in [0.15, 0.2) is 35.5 Å². The zero-order valence-electron chi connectivity index (χ0n) is 11.0. The number of hydrogen-bond acceptors (Lipinski definition) is 3. The molecule has 1 saturated heterocycles. The maximum absolute atomic E-state index is 11.6. The fraction of sp³-hybridized carbons (Fsp3) is 0.533. The molecule has 0 bridgehead atoms. The highest BCUT2D eigenvalue weighted by Gasteiger charge is 2.37. The van der Waals surface area contributed by atoms with Gasteiger partial charge in [0.15, 0.2) is 0 Å². The molecule has 1 fully saturated rings. The van der Waals surface area contributed by atoms with Gasteiger partial charge in [0.2, 0.25) is 0 Å². The molecule has 1 aliphatic heterocycles. The molecule has 1 N–H and O–H groups in total. The fourth-order valence-electron chi connectivity index (χ4n) is 2.47. The molecule has 3 atom stereocenters. The lowest BCUT2D eigenvalue weighted by molar-refractivity contribution is -0.137. The van der Waals surface area contributed by atoms with E-state index in [4.69, 9.17) is 4.74 Å². The molecule has 0 amide bonds. The molecular formula is C15H20O3. The van der Waals surface area contributed by atoms with Gasteiger partial charge in [-0.25, -0.2) is 4.79 Å². The van der Waals surface area contributed by atoms with Crippen molar-refractivity contribution in [3.05, 3.63) is 35.5 Å². The van der Waals surface area contributed by atoms with Gasteiger partial charge in [0.1, 0.15) is 6.10 Å². The number of allylic oxidation sites excluding steroid dienone is 1. The van der Waals surface area contributed by atoms with Gasteiger partial charge in [0.05, 0.1) is 6.10 Å². The Kier molecular flexibility index (Phi) is 3.71. The summed E-state index contributed by atoms with van der Waals surface area (Å²) in [7, 11) is 0. The Morgan fingerprint density at radius 2 is 2.17 bits per heavy atom. The van der Waals surface area contributed by atoms with E-state index in [1.165, 1.54) is 5.57 Å². The van der Waals surface area contributed by atoms with E-state index in [2.05, 4.69) is 19.6 Å². The Morgan fingerprint density at radius 3 is 2.89 bits per heavy atom. The van der Waals surface area contributed by atoms with Crippen LogP contribution in [0, 0.1) is 5.92 Å². The summed E-state index contributed by atoms with van der Waals surface area (Å²) in [5.41, 5.74) is 2.67. The third-order valence-corrected chi connectivity index (χ3v) is 3.84. The van der Waals surface area contributed by atoms with Crippen LogP contribution >= 0.6 is 0 Å². The van der Waals surface area contributed by atoms with Crippen LogP contribution in [-0.2, 0) is 9.53 Å². The van der Waals surface area contributed by atoms with E-state index >= 15 is 0 Å². The zero-order chi connectivity index (χ0) is 13.3. The monoisotopic (exact) mass is 248 g/mol. The van der Waals surface area contributed by atoms with E-state index in [1.54, 1.807) is 0 Å². The minimum atomic E-state index is -0.494. The number of fused-ring (bicyclic) bond motifs is 1. The molecule has 18 heavy (non-hydrogen) atoms. The van der Waals surface area contributed by atoms with Crippen LogP contribution in [0.4, 0.5) is 0 Å². The zero-order valence-corrected chi connectivity index (χ0v) is 11.0. The smallest absolute Gasteiger partial charge is 0.334 e. The number of carbonyl (C=O) groups excluding carboxylic acids is 1. The van der Waals surface area contributed by atoms with Crippen LogP contribution in [0.5, 0.6) is 0 Å². The van der Waals surface area contributed by atoms with Crippen molar-refractivity contribution >= 4 is 5.97 Å². The van der Waals surface area contributed by atoms with Crippen molar-refractivity contribution in [2.24, 2.45) is 5.92 Å². The molecule has 0 aromatic rings. The first-order valence-electron chi connectivity index (χ1n) is 6.41. The quantitative estimate of drug-likeness (QED) is 0.407. The lowest BCUT2D eigenvalue weighted by atomic mass is 9.88. The molecule has 2 aliphatic rings. The van der Waals surface area contributed by atoms with Crippen molar-refractivity contribution in [2.75, 3.05) is 0 Å². The van der Waals surface area contributed by atoms with E-state index in [0.717, 1.165) is 18.4 Å². The maximum atomic E-state index is 11.6. The molecule has 2 rings (SSSR count). The molecule has 1 heterocycles. The van der Waals surface area contributed by atoms with Crippen LogP contribution in [0.1, 0.15) is 33.1 Å². The van der Waals surface area contributed by atoms with Gasteiger partial charge in [-0.3, -0.25) is 0 Å². The average molecular weight is 248 g/mol. The van der Waals surface area contributed by atoms with Gasteiger partial charge < -0.3 is 9.84 Å². The summed E-state index contributed by atoms with van der Waals surface area (Å²) in [4.78, 5) is 11.6. The first-order valence-corrected chi connectivity index (χ1v) is 6.41. The molecule has 0 aromatic heterocycles. The summed E-state index contributed by atoms with van der Waals surface area (Å²) in [6, 6.07) is 0. The van der Waals surface area contributed by atoms with Gasteiger partial charge >= 0.3 is 5.97 Å². The summed E-state index contributed by atoms with van der Waals surface area (Å²) in [5.74, 6) is -0.259. The van der Waals surface area contributed by atoms with Crippen LogP contribution < -0.4 is 0 Å². The van der Waals surface area contributed by atoms with Gasteiger partial charge in [-0.1, -0.05) is 18.2 Å². The Bertz CT molecular complexity index is 431. The Balaban J connectivity index is 2.29. The van der Waals surface area contributed by atoms with Crippen molar-refractivity contribution in [2.45, 2.75) is 45.3 Å². The lowest BCUT2D eigenvalue weighted by Crippen LogP contribution is -2.18. The molecule has 0 spiro atoms. The van der Waals surface area contributed by atoms with Gasteiger partial charge in [-0.2, -0.15) is 0 Å². The van der Waals surface area contributed by atoms with E-state index in [9.17, 15) is 9.90 Å². The summed E-state index contributed by atoms with van der Waals surface area (Å²) in [5, 5.41) is 9.99. The standard InChI is InChI=1S/C15H20O3/c1-9-4-6-12-11(3)15(17)18-14(12)8-10(2)13(16)7-5-9/h5,8,12-14,16H,3-4,6-7H2,1-2H3/b9-5-,10-8+/t12-,13-,14+/m1/s1. The van der Waals surface area contributed by atoms with Crippen molar-refractivity contribution in [3.8, 4) is 0 Å². The lowest BCUT2D eigenvalue weighted by Gasteiger charge is -2.19. The number of rotatable bonds is 0. The third kappa shape index (κ3) is 2.56. The van der Waals surface area contributed by atoms with Crippen LogP contribution in [0.2, 0.25) is 0 Å². The highest BCUT2D eigenvalue weighted by molar-refractivity contribution is 5.91. The molecule has 3 heteroatoms. The van der Waals surface area contributed by atoms with E-state index in [-0.39, 0.29) is 18.0 Å². The molecule has 0 unspecified atom stereocenters. The summed E-state index contributed by atoms with van der Waals surface area (Å²) in [6.45, 7) is 7.76. The summed E-state index contributed by atoms with van der Waals surface area (Å²) in [6.07, 6.45) is 5.61. The van der Waals surface area contributed by atoms with Gasteiger partial charge in [0, 0.05) is 11.5 Å². The second-order valence-corrected chi connectivity index (χ2v) is 5.25. The normalized spacial score (nSPS) is 39.2. The van der Waals surface area contributed by atoms with Gasteiger partial charge in [-0.15, -0.1) is 0 Å². The first kappa shape index (κ1) is 13.1. The molecule has 0 aromatic carbocycles. The number of aliphatic hydroxyl groups is 1. The average Bonchev–Trinajstić information content (AvgIpc) is 2.59. The molecule has 3 nitrogen and oxygen atoms in total. The Morgan fingerprint density at radius 1 is 1.44 bits per heavy atom. The molecule has 0 radical (unpaired) electrons. The topological polar surface area (TPSA) is 46.5 Å². The van der Waals surface area contributed by atoms with Crippen molar-refractivity contribution in [1.29, 1.82) is 0 Å². The van der Waals surface area contributed by atoms with E-state index in [1.807, 2.05) is 13.0 Å². The SMILES string of the molecule is C=C1C(=O)O[C@H]2/C=C(\C)[C@H](O)C/C=C(/C)CC[C@H]12. The predicted octanol–water partition coefficient (Wildman–Crippen LogP) is 2.52. The summed E-state index contributed by atoms with van der Waals surface area (Å²) < 4.78 is 5.32. The third-order valence-electron chi connectivity index (χ3n) is 3.84. The minimum Gasteiger partial charge on any atom is -0.454 e. The van der Waals surface area contributed by atoms with Crippen LogP contribution in [0.3, 0.4) is 0 Å². The molecule has 1 aliphatic carbocycles. The number of aliphatic hydroxyl groups excluding tert-OH is 1. The largest absolute Gasteiger partial charge is 0.454 e. The fourth-order valence-corrected chi connectivity index (χ4v) is 2.47. The van der Waals surface area contributed by atoms with Crippen LogP contribution in [0.25, 0.3) is 0 Å². The molecule has 98 valence electrons. The van der Waals surface area contributed by atoms with Crippen molar-refractivity contribution < 1.29 is 14.6 Å². The molecular weight excluding hydrogens is 228 g/mol. The molecule has 0 saturated carbocycles. The second kappa shape index (κ2) is 5.11. The first-order chi connectivity index (χ1) is 8.49. The van der Waals surface area contributed by atoms with Crippen molar-refractivity contribution in [3.63, 3.8) is 0 Å². The van der Waals surface area contributed by atoms with Gasteiger partial charge in [-0.05, 0) is 44.8 Å². The second-order valence-electron chi connectivity index (χ2n) is 5.25. The number of carbonyl (C=O) groups is 1. The Labute approximate surface area is 108 Å². The van der Waals surface area contributed by atoms with Gasteiger partial charge in [0.25, 0.3) is 0 Å². The van der Waals surface area contributed by atoms with Crippen LogP contribution in [-0.4, -0.2) is 23.3 Å². The highest BCUT2D eigenvalue weighted by atomic mass is 16.5. The Hall–Kier alpha value is -1.35. The van der Waals surface area contributed by atoms with Crippen molar-refractivity contribution in [1.82, 2.24) is 0 Å². The van der Waals surface area contributed by atoms with E-state index < -0.39 is 6.10 Å². The maximum Gasteiger partial charge on any atom is 0.334 e. The predicted molar refractivity (Wildman–Crippen MR) is 69.9 cm³/mol. The minimum absolute atomic E-state index is 0.0427. The number of esters is 1. The highest BCUT2D eigenvalue weighted by Crippen LogP contribution is 2.34. The number of ether oxygens (including phenoxy) is 1. The number of hydrogen-bond donors (Lipinski definition) is 1. The van der Waals surface area contributed by atoms with E-state index in [0.29, 0.717) is 12.0 Å².